The van der Waals surface area contributed by atoms with E-state index in [1.54, 1.807) is 17.2 Å². The Kier molecular flexibility index (Phi) is 1.29. The first-order valence-corrected chi connectivity index (χ1v) is 3.55. The lowest BCUT2D eigenvalue weighted by Crippen LogP contribution is -2.37. The van der Waals surface area contributed by atoms with Crippen LogP contribution in [0.25, 0.3) is 0 Å². The van der Waals surface area contributed by atoms with Gasteiger partial charge in [0.15, 0.2) is 0 Å². The zero-order valence-corrected chi connectivity index (χ0v) is 6.30. The lowest BCUT2D eigenvalue weighted by atomic mass is 10.3. The maximum atomic E-state index is 10.8. The van der Waals surface area contributed by atoms with E-state index in [1.165, 1.54) is 0 Å². The zero-order valence-electron chi connectivity index (χ0n) is 5.54. The van der Waals surface area contributed by atoms with Crippen molar-refractivity contribution in [1.82, 2.24) is 15.8 Å². The fourth-order valence-electron chi connectivity index (χ4n) is 1.05. The van der Waals surface area contributed by atoms with Gasteiger partial charge in [0.05, 0.1) is 0 Å². The Bertz CT molecular complexity index is 261. The summed E-state index contributed by atoms with van der Waals surface area (Å²) in [5.41, 5.74) is 2.54. The van der Waals surface area contributed by atoms with Crippen LogP contribution in [0.5, 0.6) is 0 Å². The number of hydrazine groups is 1. The number of urea groups is 1. The van der Waals surface area contributed by atoms with E-state index in [4.69, 9.17) is 11.6 Å². The molecule has 1 atom stereocenters. The van der Waals surface area contributed by atoms with Crippen LogP contribution in [0.3, 0.4) is 0 Å². The number of hydrogen-bond donors (Lipinski definition) is 2. The second kappa shape index (κ2) is 2.17. The third-order valence-electron chi connectivity index (χ3n) is 1.54. The number of halogens is 1. The summed E-state index contributed by atoms with van der Waals surface area (Å²) in [6.07, 6.45) is 5.21. The van der Waals surface area contributed by atoms with Crippen LogP contribution in [0.2, 0.25) is 0 Å². The number of nitrogens with one attached hydrogen (secondary N) is 2. The van der Waals surface area contributed by atoms with Crippen molar-refractivity contribution < 1.29 is 4.79 Å². The average Bonchev–Trinajstić information content (AvgIpc) is 2.31. The number of carbonyl (C=O) groups excluding carboxylic acids is 1. The van der Waals surface area contributed by atoms with Gasteiger partial charge in [0.25, 0.3) is 0 Å². The van der Waals surface area contributed by atoms with Crippen molar-refractivity contribution in [2.75, 3.05) is 0 Å². The Balaban J connectivity index is 2.27. The summed E-state index contributed by atoms with van der Waals surface area (Å²) in [6.45, 7) is 0. The van der Waals surface area contributed by atoms with E-state index in [2.05, 4.69) is 10.7 Å². The topological polar surface area (TPSA) is 44.4 Å². The molecule has 5 heteroatoms. The molecule has 2 aliphatic heterocycles. The van der Waals surface area contributed by atoms with E-state index in [9.17, 15) is 4.79 Å². The minimum Gasteiger partial charge on any atom is -0.311 e. The standard InChI is InChI=1S/C6H6ClN3O/c7-4-2-1-3-5-8-6(11)9-10(4)5/h1-3,5H,(H2,8,9,11). The van der Waals surface area contributed by atoms with E-state index >= 15 is 0 Å². The number of hydrogen-bond acceptors (Lipinski definition) is 2. The number of nitrogens with zero attached hydrogens (tertiary/aromatic N) is 1. The molecule has 0 spiro atoms. The average molecular weight is 172 g/mol. The molecule has 4 nitrogen and oxygen atoms in total. The number of carbonyl (C=O) groups is 1. The first-order chi connectivity index (χ1) is 5.27. The van der Waals surface area contributed by atoms with Gasteiger partial charge >= 0.3 is 6.03 Å². The summed E-state index contributed by atoms with van der Waals surface area (Å²) in [5.74, 6) is 0. The highest BCUT2D eigenvalue weighted by Gasteiger charge is 2.29. The monoisotopic (exact) mass is 171 g/mol. The maximum Gasteiger partial charge on any atom is 0.335 e. The Morgan fingerprint density at radius 1 is 1.64 bits per heavy atom. The van der Waals surface area contributed by atoms with Gasteiger partial charge in [0.1, 0.15) is 11.3 Å². The van der Waals surface area contributed by atoms with Crippen molar-refractivity contribution in [3.05, 3.63) is 23.4 Å². The molecule has 0 bridgehead atoms. The second-order valence-corrected chi connectivity index (χ2v) is 2.66. The Morgan fingerprint density at radius 2 is 2.45 bits per heavy atom. The summed E-state index contributed by atoms with van der Waals surface area (Å²) >= 11 is 5.76. The SMILES string of the molecule is O=C1NC2C=CC=C(Cl)N2N1. The third-order valence-corrected chi connectivity index (χ3v) is 1.84. The number of allylic oxidation sites excluding steroid dienone is 2. The molecule has 2 N–H and O–H groups in total. The van der Waals surface area contributed by atoms with E-state index in [1.807, 2.05) is 6.08 Å². The predicted octanol–water partition coefficient (Wildman–Crippen LogP) is 0.492. The van der Waals surface area contributed by atoms with E-state index in [0.29, 0.717) is 5.16 Å². The molecule has 1 saturated heterocycles. The zero-order chi connectivity index (χ0) is 7.84. The lowest BCUT2D eigenvalue weighted by molar-refractivity contribution is 0.237. The van der Waals surface area contributed by atoms with Crippen molar-refractivity contribution in [1.29, 1.82) is 0 Å². The highest BCUT2D eigenvalue weighted by molar-refractivity contribution is 6.29. The van der Waals surface area contributed by atoms with Crippen LogP contribution >= 0.6 is 11.6 Å². The first kappa shape index (κ1) is 6.54. The van der Waals surface area contributed by atoms with E-state index < -0.39 is 0 Å². The van der Waals surface area contributed by atoms with Gasteiger partial charge in [-0.15, -0.1) is 0 Å². The van der Waals surface area contributed by atoms with Crippen molar-refractivity contribution in [3.8, 4) is 0 Å². The molecule has 1 unspecified atom stereocenters. The molecular weight excluding hydrogens is 166 g/mol. The molecule has 11 heavy (non-hydrogen) atoms. The van der Waals surface area contributed by atoms with E-state index in [0.717, 1.165) is 0 Å². The molecule has 0 aliphatic carbocycles. The number of amides is 2. The number of rotatable bonds is 0. The van der Waals surface area contributed by atoms with Crippen LogP contribution in [0.15, 0.2) is 23.4 Å². The first-order valence-electron chi connectivity index (χ1n) is 3.18. The minimum atomic E-state index is -0.229. The fourth-order valence-corrected chi connectivity index (χ4v) is 1.27. The molecule has 0 aromatic heterocycles. The van der Waals surface area contributed by atoms with E-state index in [-0.39, 0.29) is 12.2 Å². The van der Waals surface area contributed by atoms with Crippen LogP contribution in [0, 0.1) is 0 Å². The Morgan fingerprint density at radius 3 is 3.18 bits per heavy atom. The van der Waals surface area contributed by atoms with Gasteiger partial charge in [-0.05, 0) is 12.2 Å². The quantitative estimate of drug-likeness (QED) is 0.521. The molecule has 2 rings (SSSR count). The van der Waals surface area contributed by atoms with Gasteiger partial charge in [-0.2, -0.15) is 0 Å². The van der Waals surface area contributed by atoms with Crippen LogP contribution < -0.4 is 10.7 Å². The van der Waals surface area contributed by atoms with Gasteiger partial charge in [-0.25, -0.2) is 15.2 Å². The predicted molar refractivity (Wildman–Crippen MR) is 40.4 cm³/mol. The molecule has 1 fully saturated rings. The normalized spacial score (nSPS) is 27.4. The summed E-state index contributed by atoms with van der Waals surface area (Å²) in [4.78, 5) is 10.8. The van der Waals surface area contributed by atoms with Crippen molar-refractivity contribution >= 4 is 17.6 Å². The van der Waals surface area contributed by atoms with Crippen molar-refractivity contribution in [2.24, 2.45) is 0 Å². The van der Waals surface area contributed by atoms with Crippen LogP contribution in [0.4, 0.5) is 4.79 Å². The van der Waals surface area contributed by atoms with Crippen LogP contribution in [0.1, 0.15) is 0 Å². The molecule has 0 aromatic carbocycles. The van der Waals surface area contributed by atoms with Gasteiger partial charge < -0.3 is 5.32 Å². The van der Waals surface area contributed by atoms with Crippen LogP contribution in [-0.4, -0.2) is 17.2 Å². The summed E-state index contributed by atoms with van der Waals surface area (Å²) in [7, 11) is 0. The second-order valence-electron chi connectivity index (χ2n) is 2.27. The summed E-state index contributed by atoms with van der Waals surface area (Å²) < 4.78 is 0. The number of fused-ring (bicyclic) bond motifs is 1. The van der Waals surface area contributed by atoms with Crippen molar-refractivity contribution in [2.45, 2.75) is 6.17 Å². The fraction of sp³-hybridized carbons (Fsp3) is 0.167. The lowest BCUT2D eigenvalue weighted by Gasteiger charge is -2.22. The molecule has 0 radical (unpaired) electrons. The highest BCUT2D eigenvalue weighted by Crippen LogP contribution is 2.17. The summed E-state index contributed by atoms with van der Waals surface area (Å²) in [5, 5.41) is 4.72. The van der Waals surface area contributed by atoms with Crippen LogP contribution in [-0.2, 0) is 0 Å². The molecule has 2 heterocycles. The molecule has 0 saturated carbocycles. The molecular formula is C6H6ClN3O. The highest BCUT2D eigenvalue weighted by atomic mass is 35.5. The summed E-state index contributed by atoms with van der Waals surface area (Å²) in [6, 6.07) is -0.229. The smallest absolute Gasteiger partial charge is 0.311 e. The largest absolute Gasteiger partial charge is 0.335 e. The third kappa shape index (κ3) is 0.952. The Labute approximate surface area is 68.5 Å². The molecule has 0 aromatic rings. The van der Waals surface area contributed by atoms with Gasteiger partial charge in [0, 0.05) is 0 Å². The van der Waals surface area contributed by atoms with Gasteiger partial charge in [-0.3, -0.25) is 0 Å². The molecule has 58 valence electrons. The van der Waals surface area contributed by atoms with Gasteiger partial charge in [-0.1, -0.05) is 17.7 Å². The minimum absolute atomic E-state index is 0.139. The van der Waals surface area contributed by atoms with Gasteiger partial charge in [0.2, 0.25) is 0 Å². The molecule has 2 aliphatic rings. The Hall–Kier alpha value is -1.16. The molecule has 2 amide bonds. The maximum absolute atomic E-state index is 10.8. The van der Waals surface area contributed by atoms with Crippen molar-refractivity contribution in [3.63, 3.8) is 0 Å².